The molecule has 9 heteroatoms. The van der Waals surface area contributed by atoms with Crippen LogP contribution in [0.2, 0.25) is 0 Å². The van der Waals surface area contributed by atoms with Crippen LogP contribution in [0.1, 0.15) is 0 Å². The minimum atomic E-state index is -2.47. The van der Waals surface area contributed by atoms with E-state index < -0.39 is 12.9 Å². The molecule has 0 spiro atoms. The zero-order valence-electron chi connectivity index (χ0n) is 5.63. The Morgan fingerprint density at radius 2 is 1.46 bits per heavy atom. The van der Waals surface area contributed by atoms with E-state index in [1.807, 2.05) is 0 Å². The van der Waals surface area contributed by atoms with Gasteiger partial charge in [0.25, 0.3) is 0 Å². The second kappa shape index (κ2) is 7.42. The van der Waals surface area contributed by atoms with Gasteiger partial charge in [-0.3, -0.25) is 0 Å². The van der Waals surface area contributed by atoms with Crippen LogP contribution >= 0.6 is 0 Å². The summed E-state index contributed by atoms with van der Waals surface area (Å²) in [4.78, 5) is 7.48. The molecule has 0 aromatic carbocycles. The molecular weight excluding hydrogens is 204 g/mol. The van der Waals surface area contributed by atoms with Crippen LogP contribution in [0, 0.1) is 34.0 Å². The predicted molar refractivity (Wildman–Crippen MR) is 39.1 cm³/mol. The van der Waals surface area contributed by atoms with Crippen molar-refractivity contribution in [2.24, 2.45) is 0 Å². The maximum atomic E-state index is 8.23. The standard InChI is InChI=1S/C4H2BN3O4.K.H/c6-1-4(2-7,3-8)11-12-5(9)10;;/h9-10H;;. The van der Waals surface area contributed by atoms with E-state index in [0.29, 0.717) is 0 Å². The molecule has 2 N–H and O–H groups in total. The molecule has 0 heterocycles. The van der Waals surface area contributed by atoms with Crippen LogP contribution in [0.15, 0.2) is 0 Å². The third-order valence-corrected chi connectivity index (χ3v) is 0.732. The molecule has 0 rings (SSSR count). The fourth-order valence-corrected chi connectivity index (χ4v) is 0.246. The SMILES string of the molecule is N#CC(C#N)(C#N)OOB(O)O.[KH]. The topological polar surface area (TPSA) is 130 Å². The fraction of sp³-hybridized carbons (Fsp3) is 0.250. The van der Waals surface area contributed by atoms with Crippen LogP contribution in [0.4, 0.5) is 0 Å². The van der Waals surface area contributed by atoms with Gasteiger partial charge in [0.2, 0.25) is 0 Å². The molecule has 13 heavy (non-hydrogen) atoms. The first-order chi connectivity index (χ1) is 5.60. The number of hydrogen-bond donors (Lipinski definition) is 2. The molecule has 0 amide bonds. The molecule has 0 aliphatic heterocycles. The molecule has 0 atom stereocenters. The Hall–Kier alpha value is 0.0113. The van der Waals surface area contributed by atoms with Gasteiger partial charge in [-0.1, -0.05) is 0 Å². The van der Waals surface area contributed by atoms with Crippen LogP contribution in [-0.2, 0) is 9.69 Å². The van der Waals surface area contributed by atoms with E-state index in [2.05, 4.69) is 9.69 Å². The second-order valence-corrected chi connectivity index (χ2v) is 1.52. The molecule has 0 radical (unpaired) electrons. The van der Waals surface area contributed by atoms with Crippen molar-refractivity contribution in [3.05, 3.63) is 0 Å². The van der Waals surface area contributed by atoms with Gasteiger partial charge in [0.05, 0.1) is 0 Å². The van der Waals surface area contributed by atoms with Gasteiger partial charge in [-0.25, -0.2) is 4.81 Å². The van der Waals surface area contributed by atoms with E-state index in [0.717, 1.165) is 0 Å². The molecule has 0 aromatic rings. The molecule has 0 bridgehead atoms. The van der Waals surface area contributed by atoms with Crippen LogP contribution in [-0.4, -0.2) is 74.4 Å². The fourth-order valence-electron chi connectivity index (χ4n) is 0.246. The molecule has 0 unspecified atom stereocenters. The van der Waals surface area contributed by atoms with Crippen molar-refractivity contribution in [1.82, 2.24) is 0 Å². The third-order valence-electron chi connectivity index (χ3n) is 0.732. The van der Waals surface area contributed by atoms with Crippen LogP contribution in [0.3, 0.4) is 0 Å². The quantitative estimate of drug-likeness (QED) is 0.298. The molecule has 0 aliphatic carbocycles. The number of rotatable bonds is 3. The zero-order chi connectivity index (χ0) is 9.61. The summed E-state index contributed by atoms with van der Waals surface area (Å²) in [6.45, 7) is 0. The van der Waals surface area contributed by atoms with Crippen LogP contribution < -0.4 is 0 Å². The molecule has 0 aliphatic rings. The van der Waals surface area contributed by atoms with Crippen molar-refractivity contribution >= 4 is 58.7 Å². The van der Waals surface area contributed by atoms with E-state index in [1.54, 1.807) is 0 Å². The second-order valence-electron chi connectivity index (χ2n) is 1.52. The summed E-state index contributed by atoms with van der Waals surface area (Å²) in [6.07, 6.45) is 0. The molecule has 62 valence electrons. The Morgan fingerprint density at radius 3 is 1.69 bits per heavy atom. The van der Waals surface area contributed by atoms with Gasteiger partial charge in [-0.05, 0) is 0 Å². The van der Waals surface area contributed by atoms with Gasteiger partial charge in [-0.2, -0.15) is 20.7 Å². The van der Waals surface area contributed by atoms with E-state index in [-0.39, 0.29) is 51.4 Å². The first kappa shape index (κ1) is 15.5. The molecule has 0 aromatic heterocycles. The first-order valence-corrected chi connectivity index (χ1v) is 2.54. The number of hydrogen-bond acceptors (Lipinski definition) is 7. The Labute approximate surface area is 117 Å². The molecule has 7 nitrogen and oxygen atoms in total. The molecule has 0 saturated carbocycles. The summed E-state index contributed by atoms with van der Waals surface area (Å²) < 4.78 is 0. The van der Waals surface area contributed by atoms with Gasteiger partial charge in [-0.15, -0.1) is 0 Å². The van der Waals surface area contributed by atoms with Crippen molar-refractivity contribution in [3.8, 4) is 18.2 Å². The van der Waals surface area contributed by atoms with Crippen LogP contribution in [0.25, 0.3) is 0 Å². The molecule has 0 saturated heterocycles. The van der Waals surface area contributed by atoms with Gasteiger partial charge in [0.1, 0.15) is 18.2 Å². The number of nitrogens with zero attached hydrogens (tertiary/aromatic N) is 3. The van der Waals surface area contributed by atoms with Crippen molar-refractivity contribution in [2.45, 2.75) is 5.60 Å². The van der Waals surface area contributed by atoms with Crippen molar-refractivity contribution < 1.29 is 19.7 Å². The monoisotopic (exact) mass is 207 g/mol. The normalized spacial score (nSPS) is 8.54. The zero-order valence-corrected chi connectivity index (χ0v) is 5.63. The average Bonchev–Trinajstić information content (AvgIpc) is 2.08. The van der Waals surface area contributed by atoms with E-state index in [9.17, 15) is 0 Å². The molecular formula is C4H3BKN3O4. The average molecular weight is 207 g/mol. The van der Waals surface area contributed by atoms with Crippen molar-refractivity contribution in [1.29, 1.82) is 15.8 Å². The maximum absolute atomic E-state index is 8.23. The Bertz CT molecular complexity index is 241. The van der Waals surface area contributed by atoms with E-state index >= 15 is 0 Å². The third kappa shape index (κ3) is 5.34. The van der Waals surface area contributed by atoms with Gasteiger partial charge in [0.15, 0.2) is 0 Å². The van der Waals surface area contributed by atoms with Gasteiger partial charge in [0, 0.05) is 0 Å². The minimum absolute atomic E-state index is 0. The summed E-state index contributed by atoms with van der Waals surface area (Å²) in [6, 6.07) is 3.54. The first-order valence-electron chi connectivity index (χ1n) is 2.54. The summed E-state index contributed by atoms with van der Waals surface area (Å²) >= 11 is 0. The Morgan fingerprint density at radius 1 is 1.08 bits per heavy atom. The number of nitriles is 3. The van der Waals surface area contributed by atoms with Gasteiger partial charge >= 0.3 is 64.3 Å². The van der Waals surface area contributed by atoms with E-state index in [1.165, 1.54) is 18.2 Å². The van der Waals surface area contributed by atoms with Crippen molar-refractivity contribution in [3.63, 3.8) is 0 Å². The summed E-state index contributed by atoms with van der Waals surface area (Å²) in [5, 5.41) is 40.8. The Kier molecular flexibility index (Phi) is 8.83. The summed E-state index contributed by atoms with van der Waals surface area (Å²) in [5.74, 6) is 0. The summed E-state index contributed by atoms with van der Waals surface area (Å²) in [7, 11) is -2.31. The summed E-state index contributed by atoms with van der Waals surface area (Å²) in [5.41, 5.74) is -2.47. The van der Waals surface area contributed by atoms with Crippen molar-refractivity contribution in [2.75, 3.05) is 0 Å². The predicted octanol–water partition coefficient (Wildman–Crippen LogP) is -2.43. The van der Waals surface area contributed by atoms with Crippen LogP contribution in [0.5, 0.6) is 0 Å². The Balaban J connectivity index is 0. The van der Waals surface area contributed by atoms with Gasteiger partial charge < -0.3 is 10.0 Å². The molecule has 0 fully saturated rings. The van der Waals surface area contributed by atoms with E-state index in [4.69, 9.17) is 25.8 Å².